The number of thioether (sulfide) groups is 1. The molecule has 0 saturated carbocycles. The Labute approximate surface area is 189 Å². The number of esters is 1. The van der Waals surface area contributed by atoms with Crippen molar-refractivity contribution in [3.63, 3.8) is 0 Å². The van der Waals surface area contributed by atoms with Crippen molar-refractivity contribution in [2.75, 3.05) is 12.9 Å². The number of benzene rings is 3. The molecule has 1 N–H and O–H groups in total. The van der Waals surface area contributed by atoms with Gasteiger partial charge in [-0.25, -0.2) is 0 Å². The fourth-order valence-electron chi connectivity index (χ4n) is 3.07. The molecule has 3 aromatic carbocycles. The third kappa shape index (κ3) is 4.92. The van der Waals surface area contributed by atoms with Crippen LogP contribution in [0.1, 0.15) is 5.56 Å². The maximum Gasteiger partial charge on any atom is 0.316 e. The monoisotopic (exact) mass is 447 g/mol. The van der Waals surface area contributed by atoms with Crippen molar-refractivity contribution in [1.82, 2.24) is 14.8 Å². The van der Waals surface area contributed by atoms with E-state index >= 15 is 0 Å². The Bertz CT molecular complexity index is 1190. The molecule has 0 amide bonds. The van der Waals surface area contributed by atoms with Crippen molar-refractivity contribution in [3.8, 4) is 28.6 Å². The lowest BCUT2D eigenvalue weighted by molar-refractivity contribution is -0.141. The number of para-hydroxylation sites is 1. The molecule has 1 aromatic heterocycles. The molecule has 0 spiro atoms. The number of rotatable bonds is 8. The van der Waals surface area contributed by atoms with Gasteiger partial charge in [0.15, 0.2) is 11.0 Å². The van der Waals surface area contributed by atoms with Gasteiger partial charge in [0.1, 0.15) is 18.1 Å². The molecule has 0 atom stereocenters. The van der Waals surface area contributed by atoms with Crippen molar-refractivity contribution in [2.24, 2.45) is 0 Å². The normalized spacial score (nSPS) is 10.7. The Kier molecular flexibility index (Phi) is 6.72. The van der Waals surface area contributed by atoms with Gasteiger partial charge in [0.05, 0.1) is 24.1 Å². The molecule has 0 unspecified atom stereocenters. The van der Waals surface area contributed by atoms with Gasteiger partial charge in [-0.3, -0.25) is 9.36 Å². The van der Waals surface area contributed by atoms with Gasteiger partial charge in [-0.2, -0.15) is 0 Å². The Morgan fingerprint density at radius 1 is 0.969 bits per heavy atom. The number of aromatic hydroxyl groups is 1. The number of hydrogen-bond acceptors (Lipinski definition) is 7. The van der Waals surface area contributed by atoms with E-state index in [1.807, 2.05) is 60.7 Å². The summed E-state index contributed by atoms with van der Waals surface area (Å²) < 4.78 is 12.4. The second kappa shape index (κ2) is 10.0. The van der Waals surface area contributed by atoms with E-state index in [1.165, 1.54) is 11.8 Å². The average molecular weight is 448 g/mol. The number of phenolic OH excluding ortho intramolecular Hbond substituents is 1. The molecule has 0 bridgehead atoms. The fourth-order valence-corrected chi connectivity index (χ4v) is 3.82. The standard InChI is InChI=1S/C24H21N3O4S/c1-30-19-13-11-18(12-14-19)27-23(20-9-5-6-10-21(20)28)25-26-24(27)32-16-22(29)31-15-17-7-3-2-4-8-17/h2-14,28H,15-16H2,1H3. The van der Waals surface area contributed by atoms with Gasteiger partial charge in [0.25, 0.3) is 0 Å². The molecule has 1 heterocycles. The second-order valence-corrected chi connectivity index (χ2v) is 7.73. The van der Waals surface area contributed by atoms with Crippen LogP contribution in [0.2, 0.25) is 0 Å². The first-order valence-corrected chi connectivity index (χ1v) is 10.8. The van der Waals surface area contributed by atoms with Gasteiger partial charge in [-0.15, -0.1) is 10.2 Å². The first kappa shape index (κ1) is 21.5. The summed E-state index contributed by atoms with van der Waals surface area (Å²) in [6, 6.07) is 23.8. The number of ether oxygens (including phenoxy) is 2. The molecule has 0 aliphatic carbocycles. The molecule has 0 radical (unpaired) electrons. The van der Waals surface area contributed by atoms with Crippen molar-refractivity contribution in [1.29, 1.82) is 0 Å². The number of methoxy groups -OCH3 is 1. The topological polar surface area (TPSA) is 86.5 Å². The summed E-state index contributed by atoms with van der Waals surface area (Å²) in [5.74, 6) is 0.987. The van der Waals surface area contributed by atoms with Crippen molar-refractivity contribution < 1.29 is 19.4 Å². The maximum absolute atomic E-state index is 12.3. The van der Waals surface area contributed by atoms with Crippen LogP contribution in [0.25, 0.3) is 17.1 Å². The fraction of sp³-hybridized carbons (Fsp3) is 0.125. The summed E-state index contributed by atoms with van der Waals surface area (Å²) in [6.07, 6.45) is 0. The molecular formula is C24H21N3O4S. The van der Waals surface area contributed by atoms with Crippen LogP contribution in [-0.4, -0.2) is 38.7 Å². The van der Waals surface area contributed by atoms with Gasteiger partial charge < -0.3 is 14.6 Å². The molecule has 0 aliphatic rings. The lowest BCUT2D eigenvalue weighted by Crippen LogP contribution is -2.08. The van der Waals surface area contributed by atoms with Crippen molar-refractivity contribution in [2.45, 2.75) is 11.8 Å². The summed E-state index contributed by atoms with van der Waals surface area (Å²) >= 11 is 1.22. The first-order chi connectivity index (χ1) is 15.7. The van der Waals surface area contributed by atoms with Crippen LogP contribution in [0.15, 0.2) is 84.0 Å². The van der Waals surface area contributed by atoms with E-state index in [0.29, 0.717) is 22.3 Å². The highest BCUT2D eigenvalue weighted by Crippen LogP contribution is 2.33. The summed E-state index contributed by atoms with van der Waals surface area (Å²) in [4.78, 5) is 12.3. The van der Waals surface area contributed by atoms with Gasteiger partial charge in [-0.05, 0) is 42.0 Å². The van der Waals surface area contributed by atoms with Gasteiger partial charge in [-0.1, -0.05) is 54.2 Å². The number of carbonyl (C=O) groups is 1. The van der Waals surface area contributed by atoms with Gasteiger partial charge in [0.2, 0.25) is 0 Å². The highest BCUT2D eigenvalue weighted by molar-refractivity contribution is 7.99. The second-order valence-electron chi connectivity index (χ2n) is 6.79. The zero-order valence-corrected chi connectivity index (χ0v) is 18.2. The van der Waals surface area contributed by atoms with Crippen LogP contribution in [-0.2, 0) is 16.1 Å². The number of hydrogen-bond donors (Lipinski definition) is 1. The predicted octanol–water partition coefficient (Wildman–Crippen LogP) is 4.48. The Morgan fingerprint density at radius 3 is 2.41 bits per heavy atom. The molecule has 0 saturated heterocycles. The molecule has 0 aliphatic heterocycles. The molecular weight excluding hydrogens is 426 g/mol. The van der Waals surface area contributed by atoms with E-state index in [0.717, 1.165) is 11.3 Å². The highest BCUT2D eigenvalue weighted by atomic mass is 32.2. The van der Waals surface area contributed by atoms with Crippen LogP contribution < -0.4 is 4.74 Å². The quantitative estimate of drug-likeness (QED) is 0.315. The number of aromatic nitrogens is 3. The average Bonchev–Trinajstić information content (AvgIpc) is 3.26. The number of nitrogens with zero attached hydrogens (tertiary/aromatic N) is 3. The number of phenols is 1. The molecule has 32 heavy (non-hydrogen) atoms. The minimum Gasteiger partial charge on any atom is -0.507 e. The molecule has 4 rings (SSSR count). The Balaban J connectivity index is 1.57. The lowest BCUT2D eigenvalue weighted by atomic mass is 10.2. The first-order valence-electron chi connectivity index (χ1n) is 9.86. The molecule has 162 valence electrons. The van der Waals surface area contributed by atoms with Crippen LogP contribution >= 0.6 is 11.8 Å². The van der Waals surface area contributed by atoms with E-state index in [-0.39, 0.29) is 24.1 Å². The Hall–Kier alpha value is -3.78. The largest absolute Gasteiger partial charge is 0.507 e. The van der Waals surface area contributed by atoms with Crippen LogP contribution in [0.4, 0.5) is 0 Å². The summed E-state index contributed by atoms with van der Waals surface area (Å²) in [5.41, 5.74) is 2.23. The van der Waals surface area contributed by atoms with E-state index in [4.69, 9.17) is 9.47 Å². The summed E-state index contributed by atoms with van der Waals surface area (Å²) in [6.45, 7) is 0.217. The maximum atomic E-state index is 12.3. The van der Waals surface area contributed by atoms with Gasteiger partial charge in [0, 0.05) is 0 Å². The van der Waals surface area contributed by atoms with E-state index < -0.39 is 0 Å². The highest BCUT2D eigenvalue weighted by Gasteiger charge is 2.19. The zero-order chi connectivity index (χ0) is 22.3. The minimum absolute atomic E-state index is 0.0713. The summed E-state index contributed by atoms with van der Waals surface area (Å²) in [7, 11) is 1.60. The lowest BCUT2D eigenvalue weighted by Gasteiger charge is -2.12. The van der Waals surface area contributed by atoms with Crippen LogP contribution in [0, 0.1) is 0 Å². The Morgan fingerprint density at radius 2 is 1.69 bits per heavy atom. The third-order valence-corrected chi connectivity index (χ3v) is 5.57. The summed E-state index contributed by atoms with van der Waals surface area (Å²) in [5, 5.41) is 19.4. The van der Waals surface area contributed by atoms with Crippen LogP contribution in [0.3, 0.4) is 0 Å². The van der Waals surface area contributed by atoms with E-state index in [9.17, 15) is 9.90 Å². The molecule has 8 heteroatoms. The van der Waals surface area contributed by atoms with Crippen molar-refractivity contribution >= 4 is 17.7 Å². The smallest absolute Gasteiger partial charge is 0.316 e. The minimum atomic E-state index is -0.354. The molecule has 0 fully saturated rings. The van der Waals surface area contributed by atoms with Crippen LogP contribution in [0.5, 0.6) is 11.5 Å². The van der Waals surface area contributed by atoms with E-state index in [2.05, 4.69) is 10.2 Å². The molecule has 4 aromatic rings. The van der Waals surface area contributed by atoms with Gasteiger partial charge >= 0.3 is 5.97 Å². The third-order valence-electron chi connectivity index (χ3n) is 4.67. The number of carbonyl (C=O) groups excluding carboxylic acids is 1. The van der Waals surface area contributed by atoms with Crippen molar-refractivity contribution in [3.05, 3.63) is 84.4 Å². The SMILES string of the molecule is COc1ccc(-n2c(SCC(=O)OCc3ccccc3)nnc2-c2ccccc2O)cc1. The predicted molar refractivity (Wildman–Crippen MR) is 122 cm³/mol. The molecule has 7 nitrogen and oxygen atoms in total. The van der Waals surface area contributed by atoms with E-state index in [1.54, 1.807) is 29.9 Å². The zero-order valence-electron chi connectivity index (χ0n) is 17.3.